The third-order valence-corrected chi connectivity index (χ3v) is 6.43. The van der Waals surface area contributed by atoms with Gasteiger partial charge in [0, 0.05) is 37.2 Å². The van der Waals surface area contributed by atoms with Crippen LogP contribution in [0.3, 0.4) is 0 Å². The normalized spacial score (nSPS) is 14.3. The van der Waals surface area contributed by atoms with E-state index < -0.39 is 0 Å². The summed E-state index contributed by atoms with van der Waals surface area (Å²) in [6, 6.07) is 15.9. The number of nitrogens with one attached hydrogen (secondary N) is 1. The predicted molar refractivity (Wildman–Crippen MR) is 121 cm³/mol. The van der Waals surface area contributed by atoms with E-state index in [0.29, 0.717) is 36.2 Å². The molecule has 2 aromatic carbocycles. The van der Waals surface area contributed by atoms with Crippen molar-refractivity contribution in [3.63, 3.8) is 0 Å². The average Bonchev–Trinajstić information content (AvgIpc) is 2.80. The number of methoxy groups -OCH3 is 1. The molecule has 1 aliphatic rings. The summed E-state index contributed by atoms with van der Waals surface area (Å²) in [6.45, 7) is 2.92. The lowest BCUT2D eigenvalue weighted by Gasteiger charge is -2.21. The number of carbonyl (C=O) groups excluding carboxylic acids is 1. The third kappa shape index (κ3) is 7.58. The van der Waals surface area contributed by atoms with Crippen LogP contribution in [0.1, 0.15) is 30.4 Å². The highest BCUT2D eigenvalue weighted by molar-refractivity contribution is 7.99. The van der Waals surface area contributed by atoms with Crippen LogP contribution in [0.15, 0.2) is 48.5 Å². The third-order valence-electron chi connectivity index (χ3n) is 5.05. The van der Waals surface area contributed by atoms with Gasteiger partial charge in [0.25, 0.3) is 0 Å². The van der Waals surface area contributed by atoms with E-state index in [1.165, 1.54) is 0 Å². The van der Waals surface area contributed by atoms with Crippen molar-refractivity contribution in [2.45, 2.75) is 37.5 Å². The lowest BCUT2D eigenvalue weighted by Crippen LogP contribution is -2.27. The molecule has 6 heteroatoms. The quantitative estimate of drug-likeness (QED) is 0.542. The lowest BCUT2D eigenvalue weighted by molar-refractivity contribution is -0.120. The monoisotopic (exact) mass is 429 g/mol. The summed E-state index contributed by atoms with van der Waals surface area (Å²) in [6.07, 6.45) is 3.37. The average molecular weight is 430 g/mol. The highest BCUT2D eigenvalue weighted by Gasteiger charge is 2.14. The highest BCUT2D eigenvalue weighted by Crippen LogP contribution is 2.29. The van der Waals surface area contributed by atoms with Gasteiger partial charge in [-0.15, -0.1) is 0 Å². The van der Waals surface area contributed by atoms with Crippen LogP contribution in [0.5, 0.6) is 11.5 Å². The fourth-order valence-corrected chi connectivity index (χ4v) is 4.41. The second-order valence-electron chi connectivity index (χ2n) is 7.29. The van der Waals surface area contributed by atoms with Crippen LogP contribution in [0.2, 0.25) is 0 Å². The number of hydrogen-bond acceptors (Lipinski definition) is 5. The standard InChI is InChI=1S/C24H31NO4S/c1-27-22-9-7-19(17-23(22)29-18-20-5-3-2-4-6-20)8-10-24(26)25-13-16-30-21-11-14-28-15-12-21/h2-7,9,17,21H,8,10-16,18H2,1H3,(H,25,26). The molecule has 0 unspecified atom stereocenters. The summed E-state index contributed by atoms with van der Waals surface area (Å²) in [5.41, 5.74) is 2.16. The molecule has 0 spiro atoms. The minimum atomic E-state index is 0.0881. The summed E-state index contributed by atoms with van der Waals surface area (Å²) in [7, 11) is 1.64. The van der Waals surface area contributed by atoms with Crippen LogP contribution in [0.25, 0.3) is 0 Å². The molecule has 2 aromatic rings. The van der Waals surface area contributed by atoms with Crippen LogP contribution in [-0.4, -0.2) is 43.8 Å². The van der Waals surface area contributed by atoms with Gasteiger partial charge < -0.3 is 19.5 Å². The number of benzene rings is 2. The Kier molecular flexibility index (Phi) is 9.38. The molecule has 1 saturated heterocycles. The molecule has 1 fully saturated rings. The van der Waals surface area contributed by atoms with E-state index in [4.69, 9.17) is 14.2 Å². The van der Waals surface area contributed by atoms with Gasteiger partial charge in [-0.3, -0.25) is 4.79 Å². The Balaban J connectivity index is 1.41. The topological polar surface area (TPSA) is 56.8 Å². The van der Waals surface area contributed by atoms with Gasteiger partial charge in [-0.1, -0.05) is 36.4 Å². The van der Waals surface area contributed by atoms with Crippen molar-refractivity contribution in [3.05, 3.63) is 59.7 Å². The Hall–Kier alpha value is -2.18. The first-order valence-corrected chi connectivity index (χ1v) is 11.6. The van der Waals surface area contributed by atoms with E-state index >= 15 is 0 Å². The van der Waals surface area contributed by atoms with Gasteiger partial charge >= 0.3 is 0 Å². The van der Waals surface area contributed by atoms with Crippen LogP contribution >= 0.6 is 11.8 Å². The zero-order valence-electron chi connectivity index (χ0n) is 17.6. The maximum atomic E-state index is 12.2. The molecule has 0 bridgehead atoms. The molecule has 0 atom stereocenters. The molecule has 162 valence electrons. The Morgan fingerprint density at radius 3 is 2.67 bits per heavy atom. The molecule has 1 N–H and O–H groups in total. The van der Waals surface area contributed by atoms with Crippen LogP contribution in [0.4, 0.5) is 0 Å². The second kappa shape index (κ2) is 12.5. The van der Waals surface area contributed by atoms with E-state index in [-0.39, 0.29) is 5.91 Å². The summed E-state index contributed by atoms with van der Waals surface area (Å²) in [5, 5.41) is 3.70. The Bertz CT molecular complexity index is 778. The number of ether oxygens (including phenoxy) is 3. The highest BCUT2D eigenvalue weighted by atomic mass is 32.2. The van der Waals surface area contributed by atoms with Crippen molar-refractivity contribution in [2.24, 2.45) is 0 Å². The smallest absolute Gasteiger partial charge is 0.220 e. The Morgan fingerprint density at radius 2 is 1.90 bits per heavy atom. The molecule has 5 nitrogen and oxygen atoms in total. The Labute approximate surface area is 183 Å². The molecule has 0 aliphatic carbocycles. The molecule has 0 radical (unpaired) electrons. The minimum Gasteiger partial charge on any atom is -0.493 e. The van der Waals surface area contributed by atoms with Crippen molar-refractivity contribution in [1.82, 2.24) is 5.32 Å². The number of aryl methyl sites for hydroxylation is 1. The van der Waals surface area contributed by atoms with Crippen molar-refractivity contribution in [3.8, 4) is 11.5 Å². The molecular formula is C24H31NO4S. The summed E-state index contributed by atoms with van der Waals surface area (Å²) >= 11 is 1.94. The molecule has 1 amide bonds. The van der Waals surface area contributed by atoms with E-state index in [1.54, 1.807) is 7.11 Å². The summed E-state index contributed by atoms with van der Waals surface area (Å²) in [4.78, 5) is 12.2. The maximum Gasteiger partial charge on any atom is 0.220 e. The predicted octanol–water partition coefficient (Wildman–Crippen LogP) is 4.24. The van der Waals surface area contributed by atoms with Gasteiger partial charge in [-0.25, -0.2) is 0 Å². The summed E-state index contributed by atoms with van der Waals surface area (Å²) < 4.78 is 16.8. The summed E-state index contributed by atoms with van der Waals surface area (Å²) in [5.74, 6) is 2.44. The molecule has 0 aromatic heterocycles. The van der Waals surface area contributed by atoms with Crippen molar-refractivity contribution >= 4 is 17.7 Å². The van der Waals surface area contributed by atoms with E-state index in [1.807, 2.05) is 60.3 Å². The first kappa shape index (κ1) is 22.5. The number of hydrogen-bond donors (Lipinski definition) is 1. The van der Waals surface area contributed by atoms with Gasteiger partial charge in [-0.05, 0) is 42.5 Å². The largest absolute Gasteiger partial charge is 0.493 e. The molecule has 3 rings (SSSR count). The zero-order valence-corrected chi connectivity index (χ0v) is 18.4. The van der Waals surface area contributed by atoms with E-state index in [2.05, 4.69) is 5.32 Å². The first-order chi connectivity index (χ1) is 14.7. The van der Waals surface area contributed by atoms with Gasteiger partial charge in [0.1, 0.15) is 6.61 Å². The first-order valence-electron chi connectivity index (χ1n) is 10.5. The van der Waals surface area contributed by atoms with E-state index in [9.17, 15) is 4.79 Å². The fourth-order valence-electron chi connectivity index (χ4n) is 3.33. The lowest BCUT2D eigenvalue weighted by atomic mass is 10.1. The SMILES string of the molecule is COc1ccc(CCC(=O)NCCSC2CCOCC2)cc1OCc1ccccc1. The molecule has 0 saturated carbocycles. The minimum absolute atomic E-state index is 0.0881. The number of carbonyl (C=O) groups is 1. The van der Waals surface area contributed by atoms with Crippen LogP contribution < -0.4 is 14.8 Å². The Morgan fingerprint density at radius 1 is 1.10 bits per heavy atom. The van der Waals surface area contributed by atoms with Gasteiger partial charge in [0.15, 0.2) is 11.5 Å². The maximum absolute atomic E-state index is 12.2. The van der Waals surface area contributed by atoms with Crippen molar-refractivity contribution in [2.75, 3.05) is 32.6 Å². The second-order valence-corrected chi connectivity index (χ2v) is 8.70. The van der Waals surface area contributed by atoms with Gasteiger partial charge in [0.2, 0.25) is 5.91 Å². The van der Waals surface area contributed by atoms with Gasteiger partial charge in [-0.2, -0.15) is 11.8 Å². The van der Waals surface area contributed by atoms with Crippen molar-refractivity contribution in [1.29, 1.82) is 0 Å². The van der Waals surface area contributed by atoms with E-state index in [0.717, 1.165) is 49.5 Å². The molecule has 30 heavy (non-hydrogen) atoms. The van der Waals surface area contributed by atoms with Crippen LogP contribution in [-0.2, 0) is 22.6 Å². The number of amides is 1. The molecule has 1 heterocycles. The fraction of sp³-hybridized carbons (Fsp3) is 0.458. The molecular weight excluding hydrogens is 398 g/mol. The number of thioether (sulfide) groups is 1. The van der Waals surface area contributed by atoms with Gasteiger partial charge in [0.05, 0.1) is 7.11 Å². The zero-order chi connectivity index (χ0) is 21.0. The molecule has 1 aliphatic heterocycles. The van der Waals surface area contributed by atoms with Crippen molar-refractivity contribution < 1.29 is 19.0 Å². The number of rotatable bonds is 11. The van der Waals surface area contributed by atoms with Crippen LogP contribution in [0, 0.1) is 0 Å².